The highest BCUT2D eigenvalue weighted by atomic mass is 16.6. The maximum Gasteiger partial charge on any atom is 0.332 e. The summed E-state index contributed by atoms with van der Waals surface area (Å²) in [5.41, 5.74) is 0. The summed E-state index contributed by atoms with van der Waals surface area (Å²) in [5.74, 6) is -0.253. The van der Waals surface area contributed by atoms with Crippen molar-refractivity contribution in [3.05, 3.63) is 0 Å². The first-order valence-electron chi connectivity index (χ1n) is 6.26. The van der Waals surface area contributed by atoms with Crippen LogP contribution >= 0.6 is 0 Å². The van der Waals surface area contributed by atoms with Crippen LogP contribution < -0.4 is 5.32 Å². The molecule has 4 heteroatoms. The molecule has 1 rings (SSSR count). The lowest BCUT2D eigenvalue weighted by Gasteiger charge is -2.28. The molecular formula is C12H23NO3. The van der Waals surface area contributed by atoms with Gasteiger partial charge in [-0.15, -0.1) is 0 Å². The molecule has 1 N–H and O–H groups in total. The highest BCUT2D eigenvalue weighted by Gasteiger charge is 2.21. The molecule has 0 spiro atoms. The van der Waals surface area contributed by atoms with Crippen LogP contribution in [0.1, 0.15) is 39.5 Å². The van der Waals surface area contributed by atoms with Crippen LogP contribution in [0.15, 0.2) is 0 Å². The highest BCUT2D eigenvalue weighted by Crippen LogP contribution is 2.21. The predicted molar refractivity (Wildman–Crippen MR) is 62.3 cm³/mol. The van der Waals surface area contributed by atoms with Crippen LogP contribution in [0.2, 0.25) is 0 Å². The van der Waals surface area contributed by atoms with Crippen LogP contribution in [0.5, 0.6) is 0 Å². The third-order valence-corrected chi connectivity index (χ3v) is 2.91. The second-order valence-electron chi connectivity index (χ2n) is 4.15. The number of carbonyl (C=O) groups is 1. The summed E-state index contributed by atoms with van der Waals surface area (Å²) in [4.78, 5) is 11.1. The molecule has 1 fully saturated rings. The van der Waals surface area contributed by atoms with Crippen molar-refractivity contribution in [2.75, 3.05) is 19.8 Å². The minimum absolute atomic E-state index is 0.102. The molecule has 0 amide bonds. The molecule has 0 bridgehead atoms. The van der Waals surface area contributed by atoms with Crippen molar-refractivity contribution in [3.8, 4) is 0 Å². The molecule has 0 aliphatic heterocycles. The van der Waals surface area contributed by atoms with Gasteiger partial charge in [0.05, 0.1) is 12.7 Å². The van der Waals surface area contributed by atoms with E-state index in [4.69, 9.17) is 9.47 Å². The SMILES string of the molecule is CCNC1CCC(OCC(=O)OCC)CC1. The second-order valence-corrected chi connectivity index (χ2v) is 4.15. The fourth-order valence-electron chi connectivity index (χ4n) is 2.11. The van der Waals surface area contributed by atoms with Crippen molar-refractivity contribution >= 4 is 5.97 Å². The number of rotatable bonds is 6. The number of carbonyl (C=O) groups excluding carboxylic acids is 1. The van der Waals surface area contributed by atoms with E-state index in [1.807, 2.05) is 0 Å². The van der Waals surface area contributed by atoms with Gasteiger partial charge in [0.15, 0.2) is 0 Å². The Hall–Kier alpha value is -0.610. The molecule has 0 aromatic heterocycles. The van der Waals surface area contributed by atoms with E-state index >= 15 is 0 Å². The van der Waals surface area contributed by atoms with E-state index in [0.717, 1.165) is 32.2 Å². The number of hydrogen-bond donors (Lipinski definition) is 1. The van der Waals surface area contributed by atoms with Crippen molar-refractivity contribution in [1.82, 2.24) is 5.32 Å². The molecular weight excluding hydrogens is 206 g/mol. The quantitative estimate of drug-likeness (QED) is 0.701. The van der Waals surface area contributed by atoms with Crippen LogP contribution in [0.4, 0.5) is 0 Å². The number of ether oxygens (including phenoxy) is 2. The summed E-state index contributed by atoms with van der Waals surface area (Å²) in [6.45, 7) is 5.49. The van der Waals surface area contributed by atoms with Crippen molar-refractivity contribution in [1.29, 1.82) is 0 Å². The third kappa shape index (κ3) is 4.94. The molecule has 0 aromatic carbocycles. The fraction of sp³-hybridized carbons (Fsp3) is 0.917. The molecule has 0 atom stereocenters. The molecule has 1 aliphatic rings. The van der Waals surface area contributed by atoms with Crippen LogP contribution in [-0.4, -0.2) is 37.9 Å². The zero-order valence-electron chi connectivity index (χ0n) is 10.3. The van der Waals surface area contributed by atoms with Gasteiger partial charge in [-0.25, -0.2) is 4.79 Å². The standard InChI is InChI=1S/C12H23NO3/c1-3-13-10-5-7-11(8-6-10)16-9-12(14)15-4-2/h10-11,13H,3-9H2,1-2H3. The van der Waals surface area contributed by atoms with Crippen LogP contribution in [0, 0.1) is 0 Å². The van der Waals surface area contributed by atoms with Gasteiger partial charge in [-0.2, -0.15) is 0 Å². The second kappa shape index (κ2) is 7.63. The zero-order valence-corrected chi connectivity index (χ0v) is 10.3. The van der Waals surface area contributed by atoms with E-state index in [1.54, 1.807) is 6.92 Å². The first-order chi connectivity index (χ1) is 7.76. The average molecular weight is 229 g/mol. The van der Waals surface area contributed by atoms with Crippen molar-refractivity contribution < 1.29 is 14.3 Å². The Morgan fingerprint density at radius 2 is 1.94 bits per heavy atom. The lowest BCUT2D eigenvalue weighted by atomic mass is 9.93. The van der Waals surface area contributed by atoms with Gasteiger partial charge in [-0.3, -0.25) is 0 Å². The predicted octanol–water partition coefficient (Wildman–Crippen LogP) is 1.49. The first kappa shape index (κ1) is 13.5. The zero-order chi connectivity index (χ0) is 11.8. The molecule has 0 radical (unpaired) electrons. The minimum Gasteiger partial charge on any atom is -0.464 e. The number of nitrogens with one attached hydrogen (secondary N) is 1. The largest absolute Gasteiger partial charge is 0.464 e. The van der Waals surface area contributed by atoms with Gasteiger partial charge in [0.1, 0.15) is 6.61 Å². The van der Waals surface area contributed by atoms with Crippen molar-refractivity contribution in [3.63, 3.8) is 0 Å². The molecule has 94 valence electrons. The summed E-state index contributed by atoms with van der Waals surface area (Å²) in [6.07, 6.45) is 4.59. The van der Waals surface area contributed by atoms with E-state index in [2.05, 4.69) is 12.2 Å². The molecule has 16 heavy (non-hydrogen) atoms. The molecule has 4 nitrogen and oxygen atoms in total. The van der Waals surface area contributed by atoms with E-state index in [0.29, 0.717) is 12.6 Å². The molecule has 1 saturated carbocycles. The van der Waals surface area contributed by atoms with Crippen molar-refractivity contribution in [2.45, 2.75) is 51.7 Å². The number of hydrogen-bond acceptors (Lipinski definition) is 4. The van der Waals surface area contributed by atoms with Crippen LogP contribution in [0.3, 0.4) is 0 Å². The molecule has 0 saturated heterocycles. The summed E-state index contributed by atoms with van der Waals surface area (Å²) in [5, 5.41) is 3.44. The van der Waals surface area contributed by atoms with Gasteiger partial charge < -0.3 is 14.8 Å². The Kier molecular flexibility index (Phi) is 6.42. The lowest BCUT2D eigenvalue weighted by Crippen LogP contribution is -2.35. The summed E-state index contributed by atoms with van der Waals surface area (Å²) in [6, 6.07) is 0.632. The third-order valence-electron chi connectivity index (χ3n) is 2.91. The summed E-state index contributed by atoms with van der Waals surface area (Å²) in [7, 11) is 0. The van der Waals surface area contributed by atoms with Crippen LogP contribution in [0.25, 0.3) is 0 Å². The molecule has 1 aliphatic carbocycles. The Morgan fingerprint density at radius 1 is 1.25 bits per heavy atom. The maximum absolute atomic E-state index is 11.1. The minimum atomic E-state index is -0.253. The Balaban J connectivity index is 2.10. The Morgan fingerprint density at radius 3 is 2.50 bits per heavy atom. The molecule has 0 unspecified atom stereocenters. The fourth-order valence-corrected chi connectivity index (χ4v) is 2.11. The normalized spacial score (nSPS) is 25.4. The molecule has 0 heterocycles. The van der Waals surface area contributed by atoms with Gasteiger partial charge in [0, 0.05) is 6.04 Å². The van der Waals surface area contributed by atoms with Gasteiger partial charge in [-0.05, 0) is 39.2 Å². The summed E-state index contributed by atoms with van der Waals surface area (Å²) >= 11 is 0. The first-order valence-corrected chi connectivity index (χ1v) is 6.26. The Labute approximate surface area is 97.7 Å². The van der Waals surface area contributed by atoms with Gasteiger partial charge in [-0.1, -0.05) is 6.92 Å². The molecule has 0 aromatic rings. The highest BCUT2D eigenvalue weighted by molar-refractivity contribution is 5.70. The maximum atomic E-state index is 11.1. The van der Waals surface area contributed by atoms with Crippen LogP contribution in [-0.2, 0) is 14.3 Å². The van der Waals surface area contributed by atoms with Gasteiger partial charge in [0.2, 0.25) is 0 Å². The monoisotopic (exact) mass is 229 g/mol. The lowest BCUT2D eigenvalue weighted by molar-refractivity contribution is -0.151. The summed E-state index contributed by atoms with van der Waals surface area (Å²) < 4.78 is 10.3. The average Bonchev–Trinajstić information content (AvgIpc) is 2.29. The van der Waals surface area contributed by atoms with E-state index in [-0.39, 0.29) is 18.7 Å². The Bertz CT molecular complexity index is 200. The van der Waals surface area contributed by atoms with E-state index in [1.165, 1.54) is 0 Å². The van der Waals surface area contributed by atoms with Gasteiger partial charge in [0.25, 0.3) is 0 Å². The van der Waals surface area contributed by atoms with E-state index < -0.39 is 0 Å². The van der Waals surface area contributed by atoms with Crippen molar-refractivity contribution in [2.24, 2.45) is 0 Å². The number of esters is 1. The smallest absolute Gasteiger partial charge is 0.332 e. The van der Waals surface area contributed by atoms with E-state index in [9.17, 15) is 4.79 Å². The van der Waals surface area contributed by atoms with Gasteiger partial charge >= 0.3 is 5.97 Å². The topological polar surface area (TPSA) is 47.6 Å².